The minimum Gasteiger partial charge on any atom is -0.481 e. The molecular weight excluding hydrogens is 512 g/mol. The number of nitrogen functional groups attached to an aromatic ring is 1. The van der Waals surface area contributed by atoms with Crippen LogP contribution in [0.1, 0.15) is 28.8 Å². The van der Waals surface area contributed by atoms with Crippen molar-refractivity contribution in [3.8, 4) is 11.4 Å². The van der Waals surface area contributed by atoms with E-state index >= 15 is 0 Å². The molecule has 1 aromatic heterocycles. The van der Waals surface area contributed by atoms with Crippen LogP contribution >= 0.6 is 10.6 Å². The molecule has 13 heteroatoms. The van der Waals surface area contributed by atoms with Gasteiger partial charge in [-0.15, -0.1) is 0 Å². The van der Waals surface area contributed by atoms with E-state index in [1.54, 1.807) is 47.4 Å². The van der Waals surface area contributed by atoms with Crippen molar-refractivity contribution in [2.45, 2.75) is 19.4 Å². The lowest BCUT2D eigenvalue weighted by Crippen LogP contribution is -2.42. The molecule has 38 heavy (non-hydrogen) atoms. The molecule has 0 atom stereocenters. The highest BCUT2D eigenvalue weighted by molar-refractivity contribution is 8.24. The zero-order valence-electron chi connectivity index (χ0n) is 20.6. The van der Waals surface area contributed by atoms with Crippen LogP contribution in [0.25, 0.3) is 22.4 Å². The molecule has 4 rings (SSSR count). The lowest BCUT2D eigenvalue weighted by molar-refractivity contribution is -0.137. The number of carboxylic acid groups (broad SMARTS) is 1. The Bertz CT molecular complexity index is 1380. The fraction of sp³-hybridized carbons (Fsp3) is 0.320. The number of amides is 2. The average Bonchev–Trinajstić information content (AvgIpc) is 3.24. The first-order chi connectivity index (χ1) is 18.0. The predicted molar refractivity (Wildman–Crippen MR) is 145 cm³/mol. The first-order valence-corrected chi connectivity index (χ1v) is 13.9. The molecule has 1 aliphatic rings. The van der Waals surface area contributed by atoms with E-state index < -0.39 is 22.5 Å². The quantitative estimate of drug-likeness (QED) is 0.175. The van der Waals surface area contributed by atoms with Gasteiger partial charge in [-0.2, -0.15) is 10.6 Å². The Hall–Kier alpha value is -3.94. The van der Waals surface area contributed by atoms with Crippen molar-refractivity contribution in [1.82, 2.24) is 19.8 Å². The van der Waals surface area contributed by atoms with Crippen LogP contribution in [-0.4, -0.2) is 83.4 Å². The molecule has 202 valence electrons. The number of fused-ring (bicyclic) bond motifs is 1. The molecule has 2 aromatic carbocycles. The number of nitrogens with two attached hydrogens (primary N) is 1. The van der Waals surface area contributed by atoms with Crippen LogP contribution in [0.5, 0.6) is 0 Å². The molecule has 12 nitrogen and oxygen atoms in total. The molecule has 2 amide bonds. The molecule has 0 aliphatic carbocycles. The van der Waals surface area contributed by atoms with Gasteiger partial charge in [0.05, 0.1) is 29.0 Å². The number of nitrogens with one attached hydrogen (secondary N) is 2. The van der Waals surface area contributed by atoms with E-state index in [0.717, 1.165) is 5.56 Å². The van der Waals surface area contributed by atoms with Gasteiger partial charge in [-0.25, -0.2) is 4.98 Å². The number of rotatable bonds is 9. The van der Waals surface area contributed by atoms with Gasteiger partial charge in [0, 0.05) is 49.3 Å². The molecule has 3 aromatic rings. The standard InChI is InChI=1S/C25H30N6O6S/c26-23(27)16-1-3-17(4-2-16)24-29-19-15-18(25(35)28-9-7-22(33)34)5-6-20(19)31(24)10-8-21(32)30-11-13-38(36,37)14-12-30/h1-6,15,36-37H,7-14H2,(H3,26,27)(H,28,35)(H,33,34). The molecule has 0 unspecified atom stereocenters. The molecular formula is C25H30N6O6S. The van der Waals surface area contributed by atoms with Crippen molar-refractivity contribution in [3.63, 3.8) is 0 Å². The Morgan fingerprint density at radius 3 is 2.32 bits per heavy atom. The van der Waals surface area contributed by atoms with Gasteiger partial charge in [-0.3, -0.25) is 28.9 Å². The minimum absolute atomic E-state index is 0.00216. The van der Waals surface area contributed by atoms with Crippen molar-refractivity contribution in [1.29, 1.82) is 5.41 Å². The van der Waals surface area contributed by atoms with Gasteiger partial charge in [0.2, 0.25) is 5.91 Å². The number of hydrogen-bond donors (Lipinski definition) is 6. The lowest BCUT2D eigenvalue weighted by Gasteiger charge is -2.41. The SMILES string of the molecule is N=C(N)c1ccc(-c2nc3cc(C(=O)NCCC(=O)O)ccc3n2CCC(=O)N2CCS(O)(O)CC2)cc1. The van der Waals surface area contributed by atoms with Gasteiger partial charge in [-0.1, -0.05) is 24.3 Å². The number of aryl methyl sites for hydroxylation is 1. The highest BCUT2D eigenvalue weighted by Gasteiger charge is 2.25. The third kappa shape index (κ3) is 6.30. The smallest absolute Gasteiger partial charge is 0.305 e. The van der Waals surface area contributed by atoms with Crippen LogP contribution < -0.4 is 11.1 Å². The van der Waals surface area contributed by atoms with E-state index in [1.165, 1.54) is 0 Å². The Morgan fingerprint density at radius 2 is 1.68 bits per heavy atom. The maximum atomic E-state index is 12.9. The summed E-state index contributed by atoms with van der Waals surface area (Å²) in [6.45, 7) is 0.898. The topological polar surface area (TPSA) is 195 Å². The van der Waals surface area contributed by atoms with Crippen molar-refractivity contribution in [2.75, 3.05) is 31.1 Å². The van der Waals surface area contributed by atoms with Crippen molar-refractivity contribution in [3.05, 3.63) is 53.6 Å². The van der Waals surface area contributed by atoms with Crippen molar-refractivity contribution in [2.24, 2.45) is 5.73 Å². The maximum absolute atomic E-state index is 12.9. The van der Waals surface area contributed by atoms with Gasteiger partial charge in [0.15, 0.2) is 0 Å². The Balaban J connectivity index is 1.61. The van der Waals surface area contributed by atoms with Gasteiger partial charge >= 0.3 is 5.97 Å². The van der Waals surface area contributed by atoms with E-state index in [4.69, 9.17) is 21.2 Å². The summed E-state index contributed by atoms with van der Waals surface area (Å²) in [4.78, 5) is 42.5. The summed E-state index contributed by atoms with van der Waals surface area (Å²) in [5, 5.41) is 19.0. The lowest BCUT2D eigenvalue weighted by atomic mass is 10.1. The largest absolute Gasteiger partial charge is 0.481 e. The Labute approximate surface area is 220 Å². The van der Waals surface area contributed by atoms with Crippen molar-refractivity contribution < 1.29 is 28.6 Å². The number of carbonyl (C=O) groups excluding carboxylic acids is 2. The highest BCUT2D eigenvalue weighted by atomic mass is 32.3. The molecule has 7 N–H and O–H groups in total. The van der Waals surface area contributed by atoms with Gasteiger partial charge in [-0.05, 0) is 18.2 Å². The second kappa shape index (κ2) is 11.2. The van der Waals surface area contributed by atoms with Crippen LogP contribution in [0.4, 0.5) is 0 Å². The summed E-state index contributed by atoms with van der Waals surface area (Å²) in [7, 11) is -2.60. The van der Waals surface area contributed by atoms with E-state index in [0.29, 0.717) is 47.6 Å². The summed E-state index contributed by atoms with van der Waals surface area (Å²) in [5.74, 6) is -0.663. The minimum atomic E-state index is -2.60. The van der Waals surface area contributed by atoms with Crippen LogP contribution in [-0.2, 0) is 16.1 Å². The van der Waals surface area contributed by atoms with E-state index in [9.17, 15) is 23.5 Å². The number of carboxylic acids is 1. The maximum Gasteiger partial charge on any atom is 0.305 e. The molecule has 0 bridgehead atoms. The van der Waals surface area contributed by atoms with Gasteiger partial charge in [0.1, 0.15) is 11.7 Å². The molecule has 1 saturated heterocycles. The van der Waals surface area contributed by atoms with Gasteiger partial charge in [0.25, 0.3) is 5.91 Å². The number of aromatic nitrogens is 2. The fourth-order valence-electron chi connectivity index (χ4n) is 4.24. The number of aliphatic carboxylic acids is 1. The summed E-state index contributed by atoms with van der Waals surface area (Å²) in [5.41, 5.74) is 8.43. The van der Waals surface area contributed by atoms with Crippen LogP contribution in [0.3, 0.4) is 0 Å². The zero-order valence-corrected chi connectivity index (χ0v) is 21.4. The van der Waals surface area contributed by atoms with Crippen LogP contribution in [0, 0.1) is 5.41 Å². The van der Waals surface area contributed by atoms with E-state index in [1.807, 2.05) is 4.57 Å². The first kappa shape index (κ1) is 27.1. The number of nitrogens with zero attached hydrogens (tertiary/aromatic N) is 3. The number of hydrogen-bond acceptors (Lipinski definition) is 7. The van der Waals surface area contributed by atoms with Gasteiger partial charge < -0.3 is 25.6 Å². The summed E-state index contributed by atoms with van der Waals surface area (Å²) < 4.78 is 21.6. The Morgan fingerprint density at radius 1 is 1.03 bits per heavy atom. The first-order valence-electron chi connectivity index (χ1n) is 12.0. The van der Waals surface area contributed by atoms with Crippen LogP contribution in [0.15, 0.2) is 42.5 Å². The normalized spacial score (nSPS) is 15.7. The molecule has 0 saturated carbocycles. The monoisotopic (exact) mass is 542 g/mol. The Kier molecular flexibility index (Phi) is 7.99. The average molecular weight is 543 g/mol. The molecule has 2 heterocycles. The summed E-state index contributed by atoms with van der Waals surface area (Å²) >= 11 is 0. The second-order valence-corrected chi connectivity index (χ2v) is 11.4. The zero-order chi connectivity index (χ0) is 27.4. The number of carbonyl (C=O) groups is 3. The molecule has 0 spiro atoms. The third-order valence-corrected chi connectivity index (χ3v) is 8.04. The highest BCUT2D eigenvalue weighted by Crippen LogP contribution is 2.40. The van der Waals surface area contributed by atoms with E-state index in [2.05, 4.69) is 5.32 Å². The molecule has 1 fully saturated rings. The summed E-state index contributed by atoms with van der Waals surface area (Å²) in [6.07, 6.45) is -0.0203. The van der Waals surface area contributed by atoms with Crippen LogP contribution in [0.2, 0.25) is 0 Å². The van der Waals surface area contributed by atoms with Crippen molar-refractivity contribution >= 4 is 45.2 Å². The predicted octanol–water partition coefficient (Wildman–Crippen LogP) is 2.17. The number of imidazole rings is 1. The summed E-state index contributed by atoms with van der Waals surface area (Å²) in [6, 6.07) is 12.0. The molecule has 1 aliphatic heterocycles. The molecule has 0 radical (unpaired) electrons. The number of benzene rings is 2. The number of amidine groups is 1. The third-order valence-electron chi connectivity index (χ3n) is 6.37. The van der Waals surface area contributed by atoms with E-state index in [-0.39, 0.29) is 42.6 Å². The fourth-order valence-corrected chi connectivity index (χ4v) is 5.47. The second-order valence-electron chi connectivity index (χ2n) is 9.02.